The molecule has 0 saturated heterocycles. The third-order valence-corrected chi connectivity index (χ3v) is 2.32. The fourth-order valence-corrected chi connectivity index (χ4v) is 1.76. The molecule has 0 atom stereocenters. The van der Waals surface area contributed by atoms with Crippen LogP contribution in [0, 0.1) is 0 Å². The maximum Gasteiger partial charge on any atom is 0.505 e. The maximum atomic E-state index is 10.7. The molecule has 0 aliphatic carbocycles. The van der Waals surface area contributed by atoms with Gasteiger partial charge in [-0.2, -0.15) is 0 Å². The molecule has 0 unspecified atom stereocenters. The summed E-state index contributed by atoms with van der Waals surface area (Å²) in [6.07, 6.45) is 0. The molecule has 1 aromatic carbocycles. The highest BCUT2D eigenvalue weighted by Crippen LogP contribution is 2.25. The maximum absolute atomic E-state index is 10.7. The smallest absolute Gasteiger partial charge is 0.0616 e. The molecule has 2 heteroatoms. The molecule has 64 valence electrons. The minimum absolute atomic E-state index is 0.0635. The van der Waals surface area contributed by atoms with Crippen molar-refractivity contribution in [3.8, 4) is 0 Å². The summed E-state index contributed by atoms with van der Waals surface area (Å²) in [7, 11) is 0. The molecule has 0 saturated carbocycles. The van der Waals surface area contributed by atoms with Gasteiger partial charge in [-0.1, -0.05) is 39.0 Å². The Morgan fingerprint density at radius 3 is 2.17 bits per heavy atom. The third-order valence-electron chi connectivity index (χ3n) is 1.78. The van der Waals surface area contributed by atoms with Crippen molar-refractivity contribution in [1.82, 2.24) is 0 Å². The molecule has 0 heterocycles. The zero-order chi connectivity index (χ0) is 9.19. The number of hydrogen-bond acceptors (Lipinski definition) is 1. The van der Waals surface area contributed by atoms with Crippen LogP contribution < -0.4 is 0 Å². The summed E-state index contributed by atoms with van der Waals surface area (Å²) in [5.41, 5.74) is 1.19. The molecule has 0 N–H and O–H groups in total. The molecule has 0 radical (unpaired) electrons. The molecule has 1 nitrogen and oxygen atoms in total. The summed E-state index contributed by atoms with van der Waals surface area (Å²) in [5.74, 6) is 0. The van der Waals surface area contributed by atoms with Crippen molar-refractivity contribution in [2.45, 2.75) is 31.1 Å². The summed E-state index contributed by atoms with van der Waals surface area (Å²) in [6, 6.07) is 7.76. The van der Waals surface area contributed by atoms with Crippen molar-refractivity contribution in [1.29, 1.82) is 0 Å². The average Bonchev–Trinajstić information content (AvgIpc) is 2.03. The van der Waals surface area contributed by atoms with Crippen molar-refractivity contribution in [2.75, 3.05) is 0 Å². The van der Waals surface area contributed by atoms with Gasteiger partial charge in [-0.15, -0.1) is 0 Å². The Morgan fingerprint density at radius 1 is 1.17 bits per heavy atom. The first kappa shape index (κ1) is 9.33. The van der Waals surface area contributed by atoms with Gasteiger partial charge >= 0.3 is 11.7 Å². The Balaban J connectivity index is 3.23. The molecule has 1 aromatic rings. The lowest BCUT2D eigenvalue weighted by molar-refractivity contribution is 0.571. The first-order valence-electron chi connectivity index (χ1n) is 3.95. The average molecular weight is 181 g/mol. The lowest BCUT2D eigenvalue weighted by atomic mass is 9.87. The monoisotopic (exact) mass is 181 g/mol. The van der Waals surface area contributed by atoms with E-state index in [1.54, 1.807) is 0 Å². The molecule has 0 aliphatic rings. The van der Waals surface area contributed by atoms with Crippen molar-refractivity contribution in [3.63, 3.8) is 0 Å². The van der Waals surface area contributed by atoms with Crippen LogP contribution in [0.25, 0.3) is 0 Å². The molecule has 0 bridgehead atoms. The van der Waals surface area contributed by atoms with Crippen LogP contribution in [0.4, 0.5) is 0 Å². The van der Waals surface area contributed by atoms with E-state index in [2.05, 4.69) is 20.8 Å². The number of rotatable bonds is 1. The predicted octanol–water partition coefficient (Wildman–Crippen LogP) is 2.77. The van der Waals surface area contributed by atoms with Gasteiger partial charge in [0.05, 0.1) is 0 Å². The first-order valence-corrected chi connectivity index (χ1v) is 4.69. The Morgan fingerprint density at radius 2 is 1.75 bits per heavy atom. The Kier molecular flexibility index (Phi) is 2.58. The predicted molar refractivity (Wildman–Crippen MR) is 51.5 cm³/mol. The summed E-state index contributed by atoms with van der Waals surface area (Å²) in [5, 5.41) is 0. The number of hydrogen-bond donors (Lipinski definition) is 0. The van der Waals surface area contributed by atoms with Gasteiger partial charge in [0.15, 0.2) is 0 Å². The van der Waals surface area contributed by atoms with Crippen molar-refractivity contribution in [2.24, 2.45) is 0 Å². The second kappa shape index (κ2) is 3.31. The lowest BCUT2D eigenvalue weighted by Gasteiger charge is -2.16. The summed E-state index contributed by atoms with van der Waals surface area (Å²) < 4.78 is 10.7. The summed E-state index contributed by atoms with van der Waals surface area (Å²) in [6.45, 7) is 6.34. The quantitative estimate of drug-likeness (QED) is 0.609. The van der Waals surface area contributed by atoms with Crippen LogP contribution in [-0.2, 0) is 21.3 Å². The normalized spacial score (nSPS) is 11.2. The van der Waals surface area contributed by atoms with E-state index < -0.39 is 0 Å². The third kappa shape index (κ3) is 1.89. The molecule has 0 spiro atoms. The highest BCUT2D eigenvalue weighted by atomic mass is 32.1. The van der Waals surface area contributed by atoms with E-state index in [1.165, 1.54) is 0 Å². The van der Waals surface area contributed by atoms with Crippen LogP contribution in [0.3, 0.4) is 0 Å². The van der Waals surface area contributed by atoms with Crippen LogP contribution in [0.5, 0.6) is 0 Å². The van der Waals surface area contributed by atoms with Crippen molar-refractivity contribution in [3.05, 3.63) is 29.8 Å². The van der Waals surface area contributed by atoms with E-state index in [0.29, 0.717) is 11.7 Å². The van der Waals surface area contributed by atoms with Crippen molar-refractivity contribution < 1.29 is 4.21 Å². The summed E-state index contributed by atoms with van der Waals surface area (Å²) in [4.78, 5) is 0.838. The second-order valence-corrected chi connectivity index (χ2v) is 4.44. The van der Waals surface area contributed by atoms with Gasteiger partial charge in [-0.3, -0.25) is 0 Å². The van der Waals surface area contributed by atoms with Crippen LogP contribution in [0.1, 0.15) is 26.3 Å². The molecule has 0 aromatic heterocycles. The SMILES string of the molecule is CC(C)(C)c1ccccc1[S+]=O. The van der Waals surface area contributed by atoms with E-state index in [1.807, 2.05) is 24.3 Å². The molecule has 0 aliphatic heterocycles. The van der Waals surface area contributed by atoms with E-state index in [4.69, 9.17) is 0 Å². The number of benzene rings is 1. The van der Waals surface area contributed by atoms with Gasteiger partial charge in [0.2, 0.25) is 0 Å². The van der Waals surface area contributed by atoms with Crippen molar-refractivity contribution >= 4 is 11.7 Å². The van der Waals surface area contributed by atoms with Gasteiger partial charge in [-0.25, -0.2) is 0 Å². The van der Waals surface area contributed by atoms with E-state index in [9.17, 15) is 4.21 Å². The summed E-state index contributed by atoms with van der Waals surface area (Å²) >= 11 is 0.572. The first-order chi connectivity index (χ1) is 5.55. The molecular formula is C10H13OS+. The molecule has 0 fully saturated rings. The largest absolute Gasteiger partial charge is 0.505 e. The van der Waals surface area contributed by atoms with Gasteiger partial charge < -0.3 is 0 Å². The Hall–Kier alpha value is -0.760. The van der Waals surface area contributed by atoms with Gasteiger partial charge in [0, 0.05) is 15.8 Å². The minimum atomic E-state index is 0.0635. The second-order valence-electron chi connectivity index (χ2n) is 3.83. The minimum Gasteiger partial charge on any atom is -0.0616 e. The van der Waals surface area contributed by atoms with Gasteiger partial charge in [0.25, 0.3) is 4.90 Å². The molecule has 0 amide bonds. The zero-order valence-corrected chi connectivity index (χ0v) is 8.44. The fraction of sp³-hybridized carbons (Fsp3) is 0.400. The van der Waals surface area contributed by atoms with E-state index in [0.717, 1.165) is 10.5 Å². The van der Waals surface area contributed by atoms with Crippen LogP contribution in [-0.4, -0.2) is 0 Å². The van der Waals surface area contributed by atoms with E-state index in [-0.39, 0.29) is 5.41 Å². The Labute approximate surface area is 77.3 Å². The van der Waals surface area contributed by atoms with Crippen LogP contribution in [0.2, 0.25) is 0 Å². The molecule has 1 rings (SSSR count). The lowest BCUT2D eigenvalue weighted by Crippen LogP contribution is -2.12. The van der Waals surface area contributed by atoms with Crippen LogP contribution >= 0.6 is 0 Å². The highest BCUT2D eigenvalue weighted by Gasteiger charge is 2.23. The van der Waals surface area contributed by atoms with Gasteiger partial charge in [0.1, 0.15) is 0 Å². The molecule has 12 heavy (non-hydrogen) atoms. The Bertz CT molecular complexity index is 286. The topological polar surface area (TPSA) is 17.1 Å². The van der Waals surface area contributed by atoms with E-state index >= 15 is 0 Å². The zero-order valence-electron chi connectivity index (χ0n) is 7.63. The van der Waals surface area contributed by atoms with Crippen LogP contribution in [0.15, 0.2) is 29.2 Å². The highest BCUT2D eigenvalue weighted by molar-refractivity contribution is 7.65. The molecular weight excluding hydrogens is 168 g/mol. The fourth-order valence-electron chi connectivity index (χ4n) is 1.16. The standard InChI is InChI=1S/C10H13OS/c1-10(2,3)8-6-4-5-7-9(8)12-11/h4-7H,1-3H3/q+1. The van der Waals surface area contributed by atoms with Gasteiger partial charge in [-0.05, 0) is 5.41 Å².